The lowest BCUT2D eigenvalue weighted by Gasteiger charge is -2.14. The van der Waals surface area contributed by atoms with Crippen molar-refractivity contribution in [1.29, 1.82) is 0 Å². The van der Waals surface area contributed by atoms with Crippen molar-refractivity contribution < 1.29 is 9.84 Å². The molecule has 8 nitrogen and oxygen atoms in total. The van der Waals surface area contributed by atoms with Gasteiger partial charge in [0, 0.05) is 47.3 Å². The number of pyridine rings is 2. The van der Waals surface area contributed by atoms with E-state index in [4.69, 9.17) is 39.5 Å². The molecule has 0 atom stereocenters. The Kier molecular flexibility index (Phi) is 6.68. The summed E-state index contributed by atoms with van der Waals surface area (Å²) in [6.45, 7) is 1.46. The number of benzene rings is 1. The highest BCUT2D eigenvalue weighted by Crippen LogP contribution is 2.42. The summed E-state index contributed by atoms with van der Waals surface area (Å²) in [7, 11) is 3.09. The van der Waals surface area contributed by atoms with E-state index in [0.29, 0.717) is 60.1 Å². The summed E-state index contributed by atoms with van der Waals surface area (Å²) < 4.78 is 8.09. The standard InChI is InChI=1S/C26H20Cl3N5O3/c1-13-18(27)10-19(31-25(13)37-3)17-6-4-5-15(22(17)28)16-7-8-30-24(23(16)29)14-9-20-26(36)33(2)21(12-35)32-34(20)11-14/h4-11,35H,12H2,1-3H3. The molecule has 0 spiro atoms. The van der Waals surface area contributed by atoms with Gasteiger partial charge in [-0.1, -0.05) is 53.0 Å². The van der Waals surface area contributed by atoms with E-state index in [0.717, 1.165) is 5.56 Å². The Labute approximate surface area is 226 Å². The van der Waals surface area contributed by atoms with Crippen LogP contribution in [0.5, 0.6) is 5.88 Å². The zero-order chi connectivity index (χ0) is 26.4. The van der Waals surface area contributed by atoms with Crippen molar-refractivity contribution in [2.45, 2.75) is 13.5 Å². The van der Waals surface area contributed by atoms with Crippen LogP contribution in [0.2, 0.25) is 15.1 Å². The Balaban J connectivity index is 1.65. The molecule has 1 aromatic carbocycles. The predicted octanol–water partition coefficient (Wildman–Crippen LogP) is 5.59. The van der Waals surface area contributed by atoms with Gasteiger partial charge in [-0.05, 0) is 25.1 Å². The van der Waals surface area contributed by atoms with Gasteiger partial charge in [0.1, 0.15) is 12.1 Å². The summed E-state index contributed by atoms with van der Waals surface area (Å²) in [5.74, 6) is 0.649. The summed E-state index contributed by atoms with van der Waals surface area (Å²) in [6.07, 6.45) is 3.27. The number of hydrogen-bond donors (Lipinski definition) is 1. The summed E-state index contributed by atoms with van der Waals surface area (Å²) in [5.41, 5.74) is 4.35. The fourth-order valence-electron chi connectivity index (χ4n) is 4.13. The summed E-state index contributed by atoms with van der Waals surface area (Å²) >= 11 is 20.2. The topological polar surface area (TPSA) is 94.5 Å². The number of nitrogens with zero attached hydrogens (tertiary/aromatic N) is 5. The van der Waals surface area contributed by atoms with E-state index in [9.17, 15) is 9.90 Å². The van der Waals surface area contributed by atoms with Crippen molar-refractivity contribution in [3.8, 4) is 39.5 Å². The second-order valence-corrected chi connectivity index (χ2v) is 9.47. The van der Waals surface area contributed by atoms with E-state index in [2.05, 4.69) is 15.1 Å². The van der Waals surface area contributed by atoms with E-state index in [1.165, 1.54) is 16.2 Å². The van der Waals surface area contributed by atoms with Crippen LogP contribution in [0.1, 0.15) is 11.4 Å². The van der Waals surface area contributed by atoms with Crippen LogP contribution in [-0.4, -0.2) is 36.4 Å². The van der Waals surface area contributed by atoms with Crippen LogP contribution in [0.3, 0.4) is 0 Å². The van der Waals surface area contributed by atoms with Crippen LogP contribution in [0.15, 0.2) is 53.6 Å². The maximum atomic E-state index is 12.7. The second kappa shape index (κ2) is 9.79. The molecule has 0 aliphatic heterocycles. The molecule has 0 saturated heterocycles. The van der Waals surface area contributed by atoms with Gasteiger partial charge >= 0.3 is 0 Å². The van der Waals surface area contributed by atoms with Crippen LogP contribution in [0.25, 0.3) is 39.2 Å². The van der Waals surface area contributed by atoms with Gasteiger partial charge < -0.3 is 9.84 Å². The molecule has 0 radical (unpaired) electrons. The molecule has 1 N–H and O–H groups in total. The number of ether oxygens (including phenoxy) is 1. The summed E-state index contributed by atoms with van der Waals surface area (Å²) in [6, 6.07) is 10.7. The lowest BCUT2D eigenvalue weighted by molar-refractivity contribution is 0.262. The molecule has 0 aliphatic carbocycles. The first-order chi connectivity index (χ1) is 17.7. The number of rotatable bonds is 5. The number of aliphatic hydroxyl groups is 1. The largest absolute Gasteiger partial charge is 0.481 e. The van der Waals surface area contributed by atoms with Crippen LogP contribution in [0, 0.1) is 6.92 Å². The molecular formula is C26H20Cl3N5O3. The van der Waals surface area contributed by atoms with Crippen molar-refractivity contribution in [2.24, 2.45) is 7.05 Å². The van der Waals surface area contributed by atoms with E-state index in [-0.39, 0.29) is 18.0 Å². The Morgan fingerprint density at radius 3 is 2.51 bits per heavy atom. The Bertz CT molecular complexity index is 1750. The van der Waals surface area contributed by atoms with Crippen molar-refractivity contribution >= 4 is 40.3 Å². The van der Waals surface area contributed by atoms with Crippen molar-refractivity contribution in [1.82, 2.24) is 24.1 Å². The molecule has 4 aromatic heterocycles. The number of methoxy groups -OCH3 is 1. The lowest BCUT2D eigenvalue weighted by Crippen LogP contribution is -2.24. The molecule has 0 unspecified atom stereocenters. The fraction of sp³-hybridized carbons (Fsp3) is 0.154. The zero-order valence-corrected chi connectivity index (χ0v) is 22.2. The molecule has 37 heavy (non-hydrogen) atoms. The van der Waals surface area contributed by atoms with E-state index in [1.807, 2.05) is 25.1 Å². The predicted molar refractivity (Wildman–Crippen MR) is 145 cm³/mol. The minimum absolute atomic E-state index is 0.234. The van der Waals surface area contributed by atoms with Gasteiger partial charge in [0.2, 0.25) is 5.88 Å². The Morgan fingerprint density at radius 1 is 1.05 bits per heavy atom. The SMILES string of the molecule is COc1nc(-c2cccc(-c3ccnc(-c4cc5c(=O)n(C)c(CO)nn5c4)c3Cl)c2Cl)cc(Cl)c1C. The van der Waals surface area contributed by atoms with Crippen LogP contribution < -0.4 is 10.3 Å². The van der Waals surface area contributed by atoms with Crippen LogP contribution >= 0.6 is 34.8 Å². The van der Waals surface area contributed by atoms with Crippen molar-refractivity contribution in [3.63, 3.8) is 0 Å². The summed E-state index contributed by atoms with van der Waals surface area (Å²) in [5, 5.41) is 15.1. The van der Waals surface area contributed by atoms with E-state index < -0.39 is 0 Å². The minimum Gasteiger partial charge on any atom is -0.481 e. The average Bonchev–Trinajstić information content (AvgIpc) is 3.32. The molecular weight excluding hydrogens is 537 g/mol. The molecule has 5 rings (SSSR count). The van der Waals surface area contributed by atoms with Crippen molar-refractivity contribution in [3.05, 3.63) is 85.6 Å². The number of aliphatic hydroxyl groups excluding tert-OH is 1. The lowest BCUT2D eigenvalue weighted by atomic mass is 10.00. The second-order valence-electron chi connectivity index (χ2n) is 8.31. The van der Waals surface area contributed by atoms with E-state index >= 15 is 0 Å². The minimum atomic E-state index is -0.370. The molecule has 0 saturated carbocycles. The first-order valence-electron chi connectivity index (χ1n) is 11.1. The van der Waals surface area contributed by atoms with Gasteiger partial charge in [0.25, 0.3) is 5.56 Å². The number of aromatic nitrogens is 5. The van der Waals surface area contributed by atoms with Gasteiger partial charge in [-0.3, -0.25) is 14.3 Å². The molecule has 0 aliphatic rings. The molecule has 0 fully saturated rings. The maximum Gasteiger partial charge on any atom is 0.277 e. The third-order valence-corrected chi connectivity index (χ3v) is 7.34. The number of hydrogen-bond acceptors (Lipinski definition) is 6. The Hall–Kier alpha value is -3.43. The van der Waals surface area contributed by atoms with Gasteiger partial charge in [0.15, 0.2) is 5.82 Å². The number of halogens is 3. The highest BCUT2D eigenvalue weighted by atomic mass is 35.5. The summed E-state index contributed by atoms with van der Waals surface area (Å²) in [4.78, 5) is 21.8. The van der Waals surface area contributed by atoms with Gasteiger partial charge in [-0.2, -0.15) is 5.10 Å². The third kappa shape index (κ3) is 4.26. The van der Waals surface area contributed by atoms with Gasteiger partial charge in [-0.25, -0.2) is 9.50 Å². The highest BCUT2D eigenvalue weighted by molar-refractivity contribution is 6.39. The Morgan fingerprint density at radius 2 is 1.78 bits per heavy atom. The first-order valence-corrected chi connectivity index (χ1v) is 12.2. The smallest absolute Gasteiger partial charge is 0.277 e. The first kappa shape index (κ1) is 25.2. The van der Waals surface area contributed by atoms with Gasteiger partial charge in [-0.15, -0.1) is 0 Å². The fourth-order valence-corrected chi connectivity index (χ4v) is 4.96. The average molecular weight is 557 g/mol. The van der Waals surface area contributed by atoms with Crippen molar-refractivity contribution in [2.75, 3.05) is 7.11 Å². The maximum absolute atomic E-state index is 12.7. The molecule has 4 heterocycles. The van der Waals surface area contributed by atoms with Crippen LogP contribution in [0.4, 0.5) is 0 Å². The van der Waals surface area contributed by atoms with Crippen LogP contribution in [-0.2, 0) is 13.7 Å². The monoisotopic (exact) mass is 555 g/mol. The van der Waals surface area contributed by atoms with E-state index in [1.54, 1.807) is 37.6 Å². The molecule has 0 amide bonds. The highest BCUT2D eigenvalue weighted by Gasteiger charge is 2.20. The molecule has 11 heteroatoms. The normalized spacial score (nSPS) is 11.3. The molecule has 188 valence electrons. The zero-order valence-electron chi connectivity index (χ0n) is 20.0. The third-order valence-electron chi connectivity index (χ3n) is 6.16. The van der Waals surface area contributed by atoms with Gasteiger partial charge in [0.05, 0.1) is 33.6 Å². The molecule has 0 bridgehead atoms. The number of fused-ring (bicyclic) bond motifs is 1. The molecule has 5 aromatic rings. The quantitative estimate of drug-likeness (QED) is 0.303.